The molecule has 0 saturated carbocycles. The number of hydrogen-bond acceptors (Lipinski definition) is 3. The van der Waals surface area contributed by atoms with E-state index in [1.54, 1.807) is 0 Å². The summed E-state index contributed by atoms with van der Waals surface area (Å²) in [5, 5.41) is 3.50. The monoisotopic (exact) mass is 278 g/mol. The van der Waals surface area contributed by atoms with Crippen LogP contribution in [0.4, 0.5) is 0 Å². The maximum Gasteiger partial charge on any atom is 0.119 e. The van der Waals surface area contributed by atoms with E-state index < -0.39 is 0 Å². The predicted octanol–water partition coefficient (Wildman–Crippen LogP) is 3.30. The molecule has 0 spiro atoms. The summed E-state index contributed by atoms with van der Waals surface area (Å²) in [6.45, 7) is 10.4. The number of unbranched alkanes of at least 4 members (excludes halogenated alkanes) is 1. The van der Waals surface area contributed by atoms with Crippen LogP contribution in [0.1, 0.15) is 39.2 Å². The average molecular weight is 278 g/mol. The first-order valence-electron chi connectivity index (χ1n) is 7.76. The van der Waals surface area contributed by atoms with E-state index in [9.17, 15) is 0 Å². The van der Waals surface area contributed by atoms with Crippen LogP contribution in [0.25, 0.3) is 0 Å². The molecule has 3 nitrogen and oxygen atoms in total. The second kappa shape index (κ2) is 9.78. The van der Waals surface area contributed by atoms with Crippen molar-refractivity contribution < 1.29 is 4.74 Å². The van der Waals surface area contributed by atoms with Gasteiger partial charge in [0.05, 0.1) is 6.61 Å². The first-order chi connectivity index (χ1) is 9.63. The summed E-state index contributed by atoms with van der Waals surface area (Å²) >= 11 is 0. The van der Waals surface area contributed by atoms with Gasteiger partial charge in [-0.3, -0.25) is 0 Å². The molecule has 20 heavy (non-hydrogen) atoms. The Morgan fingerprint density at radius 3 is 2.75 bits per heavy atom. The zero-order valence-electron chi connectivity index (χ0n) is 13.5. The van der Waals surface area contributed by atoms with E-state index >= 15 is 0 Å². The van der Waals surface area contributed by atoms with Crippen LogP contribution in [0.15, 0.2) is 24.3 Å². The fourth-order valence-corrected chi connectivity index (χ4v) is 2.01. The minimum absolute atomic E-state index is 0.643. The van der Waals surface area contributed by atoms with Crippen LogP contribution in [0.3, 0.4) is 0 Å². The van der Waals surface area contributed by atoms with Gasteiger partial charge in [0.2, 0.25) is 0 Å². The lowest BCUT2D eigenvalue weighted by Gasteiger charge is -2.20. The fourth-order valence-electron chi connectivity index (χ4n) is 2.01. The van der Waals surface area contributed by atoms with Crippen molar-refractivity contribution in [1.82, 2.24) is 10.2 Å². The van der Waals surface area contributed by atoms with Crippen molar-refractivity contribution in [2.24, 2.45) is 0 Å². The van der Waals surface area contributed by atoms with Gasteiger partial charge in [0.15, 0.2) is 0 Å². The van der Waals surface area contributed by atoms with Gasteiger partial charge in [-0.25, -0.2) is 0 Å². The van der Waals surface area contributed by atoms with Gasteiger partial charge in [-0.1, -0.05) is 12.1 Å². The molecule has 1 rings (SSSR count). The van der Waals surface area contributed by atoms with E-state index in [1.807, 2.05) is 13.0 Å². The second-order valence-electron chi connectivity index (χ2n) is 5.54. The van der Waals surface area contributed by atoms with Crippen LogP contribution in [0.2, 0.25) is 0 Å². The molecule has 0 radical (unpaired) electrons. The van der Waals surface area contributed by atoms with Crippen LogP contribution in [-0.4, -0.2) is 37.7 Å². The summed E-state index contributed by atoms with van der Waals surface area (Å²) in [6, 6.07) is 8.96. The highest BCUT2D eigenvalue weighted by molar-refractivity contribution is 5.28. The van der Waals surface area contributed by atoms with Gasteiger partial charge in [-0.05, 0) is 71.4 Å². The predicted molar refractivity (Wildman–Crippen MR) is 86.3 cm³/mol. The Hall–Kier alpha value is -1.06. The van der Waals surface area contributed by atoms with Gasteiger partial charge >= 0.3 is 0 Å². The van der Waals surface area contributed by atoms with Gasteiger partial charge in [0.25, 0.3) is 0 Å². The lowest BCUT2D eigenvalue weighted by molar-refractivity contribution is 0.268. The quantitative estimate of drug-likeness (QED) is 0.665. The molecule has 1 aromatic rings. The van der Waals surface area contributed by atoms with Crippen LogP contribution in [0, 0.1) is 0 Å². The Morgan fingerprint density at radius 1 is 1.25 bits per heavy atom. The Morgan fingerprint density at radius 2 is 2.05 bits per heavy atom. The highest BCUT2D eigenvalue weighted by Gasteiger charge is 2.01. The Labute approximate surface area is 124 Å². The second-order valence-corrected chi connectivity index (χ2v) is 5.54. The Balaban J connectivity index is 2.13. The van der Waals surface area contributed by atoms with Gasteiger partial charge in [0, 0.05) is 12.6 Å². The SMILES string of the molecule is CCOc1cccc(CNCCCCN(C)C(C)C)c1. The molecule has 0 amide bonds. The van der Waals surface area contributed by atoms with E-state index in [-0.39, 0.29) is 0 Å². The lowest BCUT2D eigenvalue weighted by atomic mass is 10.2. The summed E-state index contributed by atoms with van der Waals surface area (Å²) in [7, 11) is 2.19. The molecule has 0 bridgehead atoms. The highest BCUT2D eigenvalue weighted by atomic mass is 16.5. The molecule has 1 N–H and O–H groups in total. The number of benzene rings is 1. The standard InChI is InChI=1S/C17H30N2O/c1-5-20-17-10-8-9-16(13-17)14-18-11-6-7-12-19(4)15(2)3/h8-10,13,15,18H,5-7,11-12,14H2,1-4H3. The third-order valence-electron chi connectivity index (χ3n) is 3.53. The van der Waals surface area contributed by atoms with Crippen LogP contribution < -0.4 is 10.1 Å². The van der Waals surface area contributed by atoms with Crippen molar-refractivity contribution in [2.45, 2.75) is 46.2 Å². The Bertz CT molecular complexity index is 366. The summed E-state index contributed by atoms with van der Waals surface area (Å²) in [6.07, 6.45) is 2.48. The van der Waals surface area contributed by atoms with Gasteiger partial charge in [0.1, 0.15) is 5.75 Å². The first-order valence-corrected chi connectivity index (χ1v) is 7.76. The molecule has 0 aliphatic rings. The summed E-state index contributed by atoms with van der Waals surface area (Å²) in [4.78, 5) is 2.39. The molecule has 0 fully saturated rings. The normalized spacial score (nSPS) is 11.3. The van der Waals surface area contributed by atoms with E-state index in [2.05, 4.69) is 49.3 Å². The van der Waals surface area contributed by atoms with E-state index in [1.165, 1.54) is 24.9 Å². The highest BCUT2D eigenvalue weighted by Crippen LogP contribution is 2.12. The van der Waals surface area contributed by atoms with Gasteiger partial charge in [-0.2, -0.15) is 0 Å². The van der Waals surface area contributed by atoms with Crippen molar-refractivity contribution in [3.63, 3.8) is 0 Å². The molecule has 0 aliphatic heterocycles. The molecular weight excluding hydrogens is 248 g/mol. The summed E-state index contributed by atoms with van der Waals surface area (Å²) in [5.41, 5.74) is 1.29. The van der Waals surface area contributed by atoms with Crippen LogP contribution >= 0.6 is 0 Å². The maximum absolute atomic E-state index is 5.51. The minimum atomic E-state index is 0.643. The number of hydrogen-bond donors (Lipinski definition) is 1. The maximum atomic E-state index is 5.51. The average Bonchev–Trinajstić information content (AvgIpc) is 2.43. The van der Waals surface area contributed by atoms with E-state index in [4.69, 9.17) is 4.74 Å². The zero-order valence-corrected chi connectivity index (χ0v) is 13.5. The zero-order chi connectivity index (χ0) is 14.8. The number of rotatable bonds is 10. The van der Waals surface area contributed by atoms with Gasteiger partial charge in [-0.15, -0.1) is 0 Å². The Kier molecular flexibility index (Phi) is 8.31. The fraction of sp³-hybridized carbons (Fsp3) is 0.647. The number of nitrogens with one attached hydrogen (secondary N) is 1. The largest absolute Gasteiger partial charge is 0.494 e. The van der Waals surface area contributed by atoms with Crippen molar-refractivity contribution in [3.05, 3.63) is 29.8 Å². The molecule has 3 heteroatoms. The van der Waals surface area contributed by atoms with E-state index in [0.29, 0.717) is 6.04 Å². The lowest BCUT2D eigenvalue weighted by Crippen LogP contribution is -2.27. The van der Waals surface area contributed by atoms with Crippen molar-refractivity contribution in [1.29, 1.82) is 0 Å². The number of nitrogens with zero attached hydrogens (tertiary/aromatic N) is 1. The van der Waals surface area contributed by atoms with Crippen LogP contribution in [-0.2, 0) is 6.54 Å². The van der Waals surface area contributed by atoms with Crippen molar-refractivity contribution >= 4 is 0 Å². The topological polar surface area (TPSA) is 24.5 Å². The molecule has 0 saturated heterocycles. The molecule has 114 valence electrons. The van der Waals surface area contributed by atoms with Crippen molar-refractivity contribution in [3.8, 4) is 5.75 Å². The molecule has 0 unspecified atom stereocenters. The van der Waals surface area contributed by atoms with Crippen molar-refractivity contribution in [2.75, 3.05) is 26.7 Å². The third kappa shape index (κ3) is 6.92. The molecule has 0 atom stereocenters. The molecule has 0 aliphatic carbocycles. The molecular formula is C17H30N2O. The smallest absolute Gasteiger partial charge is 0.119 e. The molecule has 0 heterocycles. The summed E-state index contributed by atoms with van der Waals surface area (Å²) in [5.74, 6) is 0.963. The minimum Gasteiger partial charge on any atom is -0.494 e. The molecule has 1 aromatic carbocycles. The van der Waals surface area contributed by atoms with E-state index in [0.717, 1.165) is 25.4 Å². The number of ether oxygens (including phenoxy) is 1. The first kappa shape index (κ1) is 17.0. The van der Waals surface area contributed by atoms with Gasteiger partial charge < -0.3 is 15.0 Å². The summed E-state index contributed by atoms with van der Waals surface area (Å²) < 4.78 is 5.51. The molecule has 0 aromatic heterocycles. The third-order valence-corrected chi connectivity index (χ3v) is 3.53. The van der Waals surface area contributed by atoms with Crippen LogP contribution in [0.5, 0.6) is 5.75 Å².